The smallest absolute Gasteiger partial charge is 0.321 e. The van der Waals surface area contributed by atoms with E-state index in [1.54, 1.807) is 4.90 Å². The van der Waals surface area contributed by atoms with Crippen molar-refractivity contribution in [3.05, 3.63) is 29.8 Å². The highest BCUT2D eigenvalue weighted by atomic mass is 16.2. The van der Waals surface area contributed by atoms with E-state index in [2.05, 4.69) is 12.2 Å². The molecule has 0 atom stereocenters. The van der Waals surface area contributed by atoms with Crippen molar-refractivity contribution in [1.82, 2.24) is 5.32 Å². The predicted molar refractivity (Wildman–Crippen MR) is 71.0 cm³/mol. The van der Waals surface area contributed by atoms with Gasteiger partial charge in [-0.2, -0.15) is 0 Å². The van der Waals surface area contributed by atoms with Crippen molar-refractivity contribution in [2.45, 2.75) is 26.8 Å². The molecule has 0 aliphatic heterocycles. The highest BCUT2D eigenvalue weighted by Crippen LogP contribution is 2.15. The normalized spacial score (nSPS) is 10.1. The standard InChI is InChI=1S/C13H21N3O/c1-3-9-16(13(17)15-4-2)12-7-5-11(10-14)6-8-12/h5-8H,3-4,9-10,14H2,1-2H3,(H,15,17). The number of benzene rings is 1. The minimum Gasteiger partial charge on any atom is -0.338 e. The minimum absolute atomic E-state index is 0.0464. The third kappa shape index (κ3) is 3.75. The van der Waals surface area contributed by atoms with Crippen LogP contribution in [0.5, 0.6) is 0 Å². The molecular formula is C13H21N3O. The zero-order valence-corrected chi connectivity index (χ0v) is 10.6. The molecule has 0 fully saturated rings. The Hall–Kier alpha value is -1.55. The van der Waals surface area contributed by atoms with Gasteiger partial charge in [0.25, 0.3) is 0 Å². The van der Waals surface area contributed by atoms with Crippen LogP contribution >= 0.6 is 0 Å². The molecule has 0 unspecified atom stereocenters. The molecule has 1 rings (SSSR count). The van der Waals surface area contributed by atoms with Crippen molar-refractivity contribution >= 4 is 11.7 Å². The first kappa shape index (κ1) is 13.5. The number of anilines is 1. The summed E-state index contributed by atoms with van der Waals surface area (Å²) < 4.78 is 0. The number of hydrogen-bond donors (Lipinski definition) is 2. The van der Waals surface area contributed by atoms with Gasteiger partial charge in [-0.05, 0) is 31.0 Å². The Bertz CT molecular complexity index is 348. The van der Waals surface area contributed by atoms with Crippen LogP contribution in [-0.2, 0) is 6.54 Å². The Morgan fingerprint density at radius 2 is 1.94 bits per heavy atom. The zero-order chi connectivity index (χ0) is 12.7. The van der Waals surface area contributed by atoms with Gasteiger partial charge in [-0.25, -0.2) is 4.79 Å². The van der Waals surface area contributed by atoms with Crippen LogP contribution in [0.25, 0.3) is 0 Å². The number of nitrogens with one attached hydrogen (secondary N) is 1. The Labute approximate surface area is 103 Å². The molecule has 0 aromatic heterocycles. The zero-order valence-electron chi connectivity index (χ0n) is 10.6. The van der Waals surface area contributed by atoms with E-state index in [-0.39, 0.29) is 6.03 Å². The number of nitrogens with zero attached hydrogens (tertiary/aromatic N) is 1. The second-order valence-corrected chi connectivity index (χ2v) is 3.86. The average molecular weight is 235 g/mol. The molecule has 4 heteroatoms. The first-order valence-corrected chi connectivity index (χ1v) is 6.07. The first-order valence-electron chi connectivity index (χ1n) is 6.07. The van der Waals surface area contributed by atoms with Gasteiger partial charge in [0.1, 0.15) is 0 Å². The fourth-order valence-electron chi connectivity index (χ4n) is 1.63. The van der Waals surface area contributed by atoms with E-state index in [0.717, 1.165) is 17.7 Å². The van der Waals surface area contributed by atoms with Crippen molar-refractivity contribution in [1.29, 1.82) is 0 Å². The summed E-state index contributed by atoms with van der Waals surface area (Å²) in [6, 6.07) is 7.74. The van der Waals surface area contributed by atoms with Crippen LogP contribution in [0, 0.1) is 0 Å². The van der Waals surface area contributed by atoms with Gasteiger partial charge in [0.05, 0.1) is 0 Å². The van der Waals surface area contributed by atoms with E-state index < -0.39 is 0 Å². The van der Waals surface area contributed by atoms with Crippen LogP contribution < -0.4 is 16.0 Å². The third-order valence-corrected chi connectivity index (χ3v) is 2.50. The molecule has 0 bridgehead atoms. The van der Waals surface area contributed by atoms with E-state index in [1.807, 2.05) is 31.2 Å². The van der Waals surface area contributed by atoms with Gasteiger partial charge >= 0.3 is 6.03 Å². The van der Waals surface area contributed by atoms with Crippen LogP contribution in [0.2, 0.25) is 0 Å². The summed E-state index contributed by atoms with van der Waals surface area (Å²) in [6.07, 6.45) is 0.926. The van der Waals surface area contributed by atoms with Gasteiger partial charge in [-0.15, -0.1) is 0 Å². The second kappa shape index (κ2) is 6.91. The van der Waals surface area contributed by atoms with Crippen LogP contribution in [-0.4, -0.2) is 19.1 Å². The van der Waals surface area contributed by atoms with Crippen LogP contribution in [0.3, 0.4) is 0 Å². The van der Waals surface area contributed by atoms with Gasteiger partial charge in [0.2, 0.25) is 0 Å². The largest absolute Gasteiger partial charge is 0.338 e. The number of carbonyl (C=O) groups excluding carboxylic acids is 1. The molecule has 2 amide bonds. The molecule has 94 valence electrons. The number of amides is 2. The lowest BCUT2D eigenvalue weighted by molar-refractivity contribution is 0.247. The molecule has 4 nitrogen and oxygen atoms in total. The summed E-state index contributed by atoms with van der Waals surface area (Å²) >= 11 is 0. The predicted octanol–water partition coefficient (Wildman–Crippen LogP) is 2.09. The third-order valence-electron chi connectivity index (χ3n) is 2.50. The van der Waals surface area contributed by atoms with Crippen molar-refractivity contribution in [3.63, 3.8) is 0 Å². The van der Waals surface area contributed by atoms with E-state index in [9.17, 15) is 4.79 Å². The van der Waals surface area contributed by atoms with Crippen molar-refractivity contribution in [2.24, 2.45) is 5.73 Å². The maximum Gasteiger partial charge on any atom is 0.321 e. The summed E-state index contributed by atoms with van der Waals surface area (Å²) in [7, 11) is 0. The van der Waals surface area contributed by atoms with Crippen LogP contribution in [0.15, 0.2) is 24.3 Å². The average Bonchev–Trinajstić information content (AvgIpc) is 2.36. The molecule has 1 aromatic carbocycles. The maximum atomic E-state index is 11.9. The molecule has 0 saturated heterocycles. The molecular weight excluding hydrogens is 214 g/mol. The number of urea groups is 1. The van der Waals surface area contributed by atoms with E-state index in [4.69, 9.17) is 5.73 Å². The molecule has 1 aromatic rings. The monoisotopic (exact) mass is 235 g/mol. The van der Waals surface area contributed by atoms with Gasteiger partial charge in [0, 0.05) is 25.3 Å². The lowest BCUT2D eigenvalue weighted by Crippen LogP contribution is -2.40. The molecule has 0 spiro atoms. The van der Waals surface area contributed by atoms with Crippen LogP contribution in [0.4, 0.5) is 10.5 Å². The molecule has 0 aliphatic rings. The van der Waals surface area contributed by atoms with E-state index in [1.165, 1.54) is 0 Å². The number of rotatable bonds is 5. The van der Waals surface area contributed by atoms with Crippen LogP contribution in [0.1, 0.15) is 25.8 Å². The molecule has 0 aliphatic carbocycles. The Balaban J connectivity index is 2.84. The maximum absolute atomic E-state index is 11.9. The minimum atomic E-state index is -0.0464. The lowest BCUT2D eigenvalue weighted by Gasteiger charge is -2.22. The fourth-order valence-corrected chi connectivity index (χ4v) is 1.63. The Morgan fingerprint density at radius 3 is 2.41 bits per heavy atom. The summed E-state index contributed by atoms with van der Waals surface area (Å²) in [5.41, 5.74) is 7.53. The van der Waals surface area contributed by atoms with Gasteiger partial charge < -0.3 is 11.1 Å². The quantitative estimate of drug-likeness (QED) is 0.821. The first-order chi connectivity index (χ1) is 8.22. The second-order valence-electron chi connectivity index (χ2n) is 3.86. The summed E-state index contributed by atoms with van der Waals surface area (Å²) in [5, 5.41) is 2.82. The molecule has 0 saturated carbocycles. The van der Waals surface area contributed by atoms with Gasteiger partial charge in [-0.1, -0.05) is 19.1 Å². The molecule has 17 heavy (non-hydrogen) atoms. The topological polar surface area (TPSA) is 58.4 Å². The Morgan fingerprint density at radius 1 is 1.29 bits per heavy atom. The highest BCUT2D eigenvalue weighted by molar-refractivity contribution is 5.91. The Kier molecular flexibility index (Phi) is 5.49. The summed E-state index contributed by atoms with van der Waals surface area (Å²) in [5.74, 6) is 0. The highest BCUT2D eigenvalue weighted by Gasteiger charge is 2.13. The van der Waals surface area contributed by atoms with Gasteiger partial charge in [0.15, 0.2) is 0 Å². The molecule has 3 N–H and O–H groups in total. The summed E-state index contributed by atoms with van der Waals surface area (Å²) in [6.45, 7) is 5.85. The SMILES string of the molecule is CCCN(C(=O)NCC)c1ccc(CN)cc1. The number of nitrogens with two attached hydrogens (primary N) is 1. The molecule has 0 heterocycles. The van der Waals surface area contributed by atoms with Crippen molar-refractivity contribution in [2.75, 3.05) is 18.0 Å². The van der Waals surface area contributed by atoms with Gasteiger partial charge in [-0.3, -0.25) is 4.90 Å². The number of hydrogen-bond acceptors (Lipinski definition) is 2. The van der Waals surface area contributed by atoms with Crippen molar-refractivity contribution < 1.29 is 4.79 Å². The van der Waals surface area contributed by atoms with Crippen molar-refractivity contribution in [3.8, 4) is 0 Å². The number of carbonyl (C=O) groups is 1. The molecule has 0 radical (unpaired) electrons. The van der Waals surface area contributed by atoms with E-state index in [0.29, 0.717) is 19.6 Å². The van der Waals surface area contributed by atoms with E-state index >= 15 is 0 Å². The fraction of sp³-hybridized carbons (Fsp3) is 0.462. The summed E-state index contributed by atoms with van der Waals surface area (Å²) in [4.78, 5) is 13.6. The lowest BCUT2D eigenvalue weighted by atomic mass is 10.2.